The minimum atomic E-state index is 0.314. The molecule has 0 aromatic carbocycles. The van der Waals surface area contributed by atoms with E-state index in [1.807, 2.05) is 0 Å². The average Bonchev–Trinajstić information content (AvgIpc) is 2.22. The summed E-state index contributed by atoms with van der Waals surface area (Å²) in [5.41, 5.74) is 7.14. The van der Waals surface area contributed by atoms with Gasteiger partial charge in [0.15, 0.2) is 0 Å². The fourth-order valence-corrected chi connectivity index (χ4v) is 3.20. The normalized spacial score (nSPS) is 30.5. The van der Waals surface area contributed by atoms with Crippen LogP contribution in [0.2, 0.25) is 0 Å². The second-order valence-electron chi connectivity index (χ2n) is 8.15. The van der Waals surface area contributed by atoms with Gasteiger partial charge in [-0.15, -0.1) is 0 Å². The molecular weight excluding hydrogens is 220 g/mol. The van der Waals surface area contributed by atoms with Gasteiger partial charge in [-0.2, -0.15) is 0 Å². The van der Waals surface area contributed by atoms with Crippen LogP contribution in [0.15, 0.2) is 0 Å². The third-order valence-electron chi connectivity index (χ3n) is 5.24. The highest BCUT2D eigenvalue weighted by Gasteiger charge is 2.37. The molecule has 0 spiro atoms. The van der Waals surface area contributed by atoms with Crippen LogP contribution in [-0.4, -0.2) is 30.6 Å². The molecule has 0 amide bonds. The van der Waals surface area contributed by atoms with E-state index in [-0.39, 0.29) is 0 Å². The van der Waals surface area contributed by atoms with Crippen molar-refractivity contribution in [2.24, 2.45) is 22.5 Å². The van der Waals surface area contributed by atoms with Crippen molar-refractivity contribution < 1.29 is 0 Å². The molecule has 2 N–H and O–H groups in total. The molecule has 3 unspecified atom stereocenters. The molecule has 0 aromatic rings. The van der Waals surface area contributed by atoms with Gasteiger partial charge < -0.3 is 10.6 Å². The third kappa shape index (κ3) is 3.71. The van der Waals surface area contributed by atoms with E-state index in [2.05, 4.69) is 53.5 Å². The molecule has 1 saturated carbocycles. The molecule has 1 fully saturated rings. The van der Waals surface area contributed by atoms with E-state index in [1.165, 1.54) is 19.3 Å². The van der Waals surface area contributed by atoms with Crippen molar-refractivity contribution in [2.45, 2.75) is 72.9 Å². The summed E-state index contributed by atoms with van der Waals surface area (Å²) in [4.78, 5) is 2.51. The fraction of sp³-hybridized carbons (Fsp3) is 1.00. The zero-order valence-electron chi connectivity index (χ0n) is 13.6. The Morgan fingerprint density at radius 2 is 1.89 bits per heavy atom. The number of rotatable bonds is 3. The van der Waals surface area contributed by atoms with Crippen molar-refractivity contribution in [3.05, 3.63) is 0 Å². The van der Waals surface area contributed by atoms with Gasteiger partial charge in [0, 0.05) is 18.6 Å². The number of hydrogen-bond acceptors (Lipinski definition) is 2. The van der Waals surface area contributed by atoms with Crippen molar-refractivity contribution in [1.82, 2.24) is 4.90 Å². The average molecular weight is 254 g/mol. The summed E-state index contributed by atoms with van der Waals surface area (Å²) in [6.07, 6.45) is 3.91. The zero-order valence-corrected chi connectivity index (χ0v) is 13.6. The SMILES string of the molecule is CC(N(C)CC1CCCC(C)(C)C1N)C(C)(C)C. The molecule has 0 bridgehead atoms. The quantitative estimate of drug-likeness (QED) is 0.835. The molecule has 0 radical (unpaired) electrons. The Balaban J connectivity index is 2.62. The molecule has 1 rings (SSSR count). The molecule has 0 saturated heterocycles. The molecule has 0 aliphatic heterocycles. The maximum atomic E-state index is 6.49. The van der Waals surface area contributed by atoms with Gasteiger partial charge in [0.05, 0.1) is 0 Å². The van der Waals surface area contributed by atoms with Crippen molar-refractivity contribution in [1.29, 1.82) is 0 Å². The first-order valence-corrected chi connectivity index (χ1v) is 7.51. The van der Waals surface area contributed by atoms with Gasteiger partial charge in [0.1, 0.15) is 0 Å². The number of nitrogens with zero attached hydrogens (tertiary/aromatic N) is 1. The first kappa shape index (κ1) is 16.0. The van der Waals surface area contributed by atoms with Crippen molar-refractivity contribution in [3.63, 3.8) is 0 Å². The molecule has 2 nitrogen and oxygen atoms in total. The van der Waals surface area contributed by atoms with E-state index in [4.69, 9.17) is 5.73 Å². The van der Waals surface area contributed by atoms with E-state index in [1.54, 1.807) is 0 Å². The Labute approximate surface area is 114 Å². The smallest absolute Gasteiger partial charge is 0.0131 e. The Morgan fingerprint density at radius 1 is 1.33 bits per heavy atom. The Morgan fingerprint density at radius 3 is 2.39 bits per heavy atom. The summed E-state index contributed by atoms with van der Waals surface area (Å²) < 4.78 is 0. The summed E-state index contributed by atoms with van der Waals surface area (Å²) in [6.45, 7) is 15.1. The highest BCUT2D eigenvalue weighted by atomic mass is 15.1. The monoisotopic (exact) mass is 254 g/mol. The number of nitrogens with two attached hydrogens (primary N) is 1. The van der Waals surface area contributed by atoms with Crippen LogP contribution in [0, 0.1) is 16.7 Å². The van der Waals surface area contributed by atoms with Crippen LogP contribution in [0.3, 0.4) is 0 Å². The molecule has 0 aromatic heterocycles. The molecule has 1 aliphatic rings. The van der Waals surface area contributed by atoms with E-state index >= 15 is 0 Å². The standard InChI is InChI=1S/C16H34N2/c1-12(15(2,3)4)18(7)11-13-9-8-10-16(5,6)14(13)17/h12-14H,8-11,17H2,1-7H3. The van der Waals surface area contributed by atoms with Gasteiger partial charge in [0.25, 0.3) is 0 Å². The zero-order chi connectivity index (χ0) is 14.1. The van der Waals surface area contributed by atoms with Gasteiger partial charge in [-0.05, 0) is 43.6 Å². The second-order valence-corrected chi connectivity index (χ2v) is 8.15. The minimum absolute atomic E-state index is 0.314. The van der Waals surface area contributed by atoms with Crippen LogP contribution < -0.4 is 5.73 Å². The molecule has 18 heavy (non-hydrogen) atoms. The lowest BCUT2D eigenvalue weighted by Gasteiger charge is -2.45. The topological polar surface area (TPSA) is 29.3 Å². The van der Waals surface area contributed by atoms with E-state index in [9.17, 15) is 0 Å². The van der Waals surface area contributed by atoms with Crippen LogP contribution in [-0.2, 0) is 0 Å². The van der Waals surface area contributed by atoms with Crippen molar-refractivity contribution in [2.75, 3.05) is 13.6 Å². The number of hydrogen-bond donors (Lipinski definition) is 1. The summed E-state index contributed by atoms with van der Waals surface area (Å²) >= 11 is 0. The lowest BCUT2D eigenvalue weighted by atomic mass is 9.68. The van der Waals surface area contributed by atoms with E-state index in [0.29, 0.717) is 28.8 Å². The predicted octanol–water partition coefficient (Wildman–Crippen LogP) is 3.51. The molecule has 3 atom stereocenters. The van der Waals surface area contributed by atoms with Crippen LogP contribution in [0.4, 0.5) is 0 Å². The summed E-state index contributed by atoms with van der Waals surface area (Å²) in [7, 11) is 2.25. The van der Waals surface area contributed by atoms with Crippen LogP contribution in [0.5, 0.6) is 0 Å². The van der Waals surface area contributed by atoms with Crippen molar-refractivity contribution in [3.8, 4) is 0 Å². The summed E-state index contributed by atoms with van der Waals surface area (Å²) in [5.74, 6) is 0.656. The van der Waals surface area contributed by atoms with Crippen LogP contribution in [0.25, 0.3) is 0 Å². The summed E-state index contributed by atoms with van der Waals surface area (Å²) in [6, 6.07) is 0.940. The summed E-state index contributed by atoms with van der Waals surface area (Å²) in [5, 5.41) is 0. The van der Waals surface area contributed by atoms with Crippen molar-refractivity contribution >= 4 is 0 Å². The van der Waals surface area contributed by atoms with Crippen LogP contribution >= 0.6 is 0 Å². The highest BCUT2D eigenvalue weighted by Crippen LogP contribution is 2.38. The molecule has 2 heteroatoms. The lowest BCUT2D eigenvalue weighted by Crippen LogP contribution is -2.52. The lowest BCUT2D eigenvalue weighted by molar-refractivity contribution is 0.0712. The molecule has 1 aliphatic carbocycles. The van der Waals surface area contributed by atoms with Gasteiger partial charge in [-0.3, -0.25) is 0 Å². The third-order valence-corrected chi connectivity index (χ3v) is 5.24. The Kier molecular flexibility index (Phi) is 4.88. The van der Waals surface area contributed by atoms with E-state index < -0.39 is 0 Å². The second kappa shape index (κ2) is 5.50. The predicted molar refractivity (Wildman–Crippen MR) is 80.6 cm³/mol. The maximum Gasteiger partial charge on any atom is 0.0131 e. The van der Waals surface area contributed by atoms with E-state index in [0.717, 1.165) is 6.54 Å². The van der Waals surface area contributed by atoms with Gasteiger partial charge >= 0.3 is 0 Å². The minimum Gasteiger partial charge on any atom is -0.327 e. The molecular formula is C16H34N2. The van der Waals surface area contributed by atoms with Gasteiger partial charge in [-0.1, -0.05) is 41.0 Å². The first-order valence-electron chi connectivity index (χ1n) is 7.51. The fourth-order valence-electron chi connectivity index (χ4n) is 3.20. The Hall–Kier alpha value is -0.0800. The molecule has 108 valence electrons. The molecule has 0 heterocycles. The maximum absolute atomic E-state index is 6.49. The largest absolute Gasteiger partial charge is 0.327 e. The van der Waals surface area contributed by atoms with Gasteiger partial charge in [-0.25, -0.2) is 0 Å². The van der Waals surface area contributed by atoms with Crippen LogP contribution in [0.1, 0.15) is 60.8 Å². The van der Waals surface area contributed by atoms with Gasteiger partial charge in [0.2, 0.25) is 0 Å². The highest BCUT2D eigenvalue weighted by molar-refractivity contribution is 4.93. The first-order chi connectivity index (χ1) is 8.05. The Bertz CT molecular complexity index is 265.